The van der Waals surface area contributed by atoms with Crippen molar-refractivity contribution in [2.45, 2.75) is 32.2 Å². The third-order valence-corrected chi connectivity index (χ3v) is 4.41. The Morgan fingerprint density at radius 1 is 1.33 bits per heavy atom. The zero-order valence-corrected chi connectivity index (χ0v) is 12.8. The second-order valence-electron chi connectivity index (χ2n) is 5.51. The average molecular weight is 307 g/mol. The summed E-state index contributed by atoms with van der Waals surface area (Å²) >= 11 is 6.27. The molecule has 1 aromatic heterocycles. The number of fused-ring (bicyclic) bond motifs is 1. The van der Waals surface area contributed by atoms with Crippen molar-refractivity contribution in [1.29, 1.82) is 0 Å². The van der Waals surface area contributed by atoms with Crippen LogP contribution in [0.2, 0.25) is 5.02 Å². The Balaban J connectivity index is 1.99. The van der Waals surface area contributed by atoms with Gasteiger partial charge in [-0.3, -0.25) is 9.36 Å². The normalized spacial score (nSPS) is 17.1. The third kappa shape index (κ3) is 2.46. The highest BCUT2D eigenvalue weighted by molar-refractivity contribution is 6.35. The zero-order chi connectivity index (χ0) is 15.0. The first kappa shape index (κ1) is 14.2. The van der Waals surface area contributed by atoms with Gasteiger partial charge in [0.2, 0.25) is 11.9 Å². The topological polar surface area (TPSA) is 64.2 Å². The van der Waals surface area contributed by atoms with E-state index in [0.29, 0.717) is 11.0 Å². The van der Waals surface area contributed by atoms with Crippen LogP contribution >= 0.6 is 11.6 Å². The van der Waals surface area contributed by atoms with Gasteiger partial charge in [-0.25, -0.2) is 4.98 Å². The van der Waals surface area contributed by atoms with Gasteiger partial charge in [-0.2, -0.15) is 0 Å². The lowest BCUT2D eigenvalue weighted by Crippen LogP contribution is -2.39. The summed E-state index contributed by atoms with van der Waals surface area (Å²) in [5.41, 5.74) is 7.46. The number of rotatable bonds is 2. The molecule has 0 bridgehead atoms. The first-order valence-corrected chi connectivity index (χ1v) is 7.68. The van der Waals surface area contributed by atoms with E-state index in [1.54, 1.807) is 10.6 Å². The lowest BCUT2D eigenvalue weighted by atomic mass is 10.1. The van der Waals surface area contributed by atoms with Crippen LogP contribution in [0.3, 0.4) is 0 Å². The molecule has 2 heterocycles. The first-order chi connectivity index (χ1) is 10.1. The van der Waals surface area contributed by atoms with E-state index in [0.717, 1.165) is 37.0 Å². The van der Waals surface area contributed by atoms with Crippen LogP contribution in [0, 0.1) is 0 Å². The number of para-hydroxylation sites is 1. The molecule has 0 saturated carbocycles. The fourth-order valence-corrected chi connectivity index (χ4v) is 3.27. The van der Waals surface area contributed by atoms with Crippen molar-refractivity contribution in [3.05, 3.63) is 23.2 Å². The predicted octanol–water partition coefficient (Wildman–Crippen LogP) is 2.85. The molecule has 3 rings (SSSR count). The Morgan fingerprint density at radius 3 is 2.76 bits per heavy atom. The number of carbonyl (C=O) groups is 1. The Labute approximate surface area is 128 Å². The molecule has 0 radical (unpaired) electrons. The summed E-state index contributed by atoms with van der Waals surface area (Å²) in [4.78, 5) is 18.9. The predicted molar refractivity (Wildman–Crippen MR) is 84.3 cm³/mol. The number of amides is 1. The standard InChI is InChI=1S/C15H19ClN4O/c1-10(14(21)19-8-3-2-4-9-19)20-13-11(16)6-5-7-12(13)18-15(20)17/h5-7,10H,2-4,8-9H2,1H3,(H2,17,18). The summed E-state index contributed by atoms with van der Waals surface area (Å²) in [5.74, 6) is 0.413. The quantitative estimate of drug-likeness (QED) is 0.928. The van der Waals surface area contributed by atoms with E-state index >= 15 is 0 Å². The van der Waals surface area contributed by atoms with Gasteiger partial charge in [0.25, 0.3) is 0 Å². The summed E-state index contributed by atoms with van der Waals surface area (Å²) in [7, 11) is 0. The van der Waals surface area contributed by atoms with E-state index in [-0.39, 0.29) is 5.91 Å². The number of halogens is 1. The maximum Gasteiger partial charge on any atom is 0.245 e. The van der Waals surface area contributed by atoms with E-state index in [2.05, 4.69) is 4.98 Å². The number of hydrogen-bond donors (Lipinski definition) is 1. The number of hydrogen-bond acceptors (Lipinski definition) is 3. The van der Waals surface area contributed by atoms with E-state index in [1.165, 1.54) is 6.42 Å². The van der Waals surface area contributed by atoms with Crippen molar-refractivity contribution in [2.24, 2.45) is 0 Å². The van der Waals surface area contributed by atoms with Crippen LogP contribution in [0.25, 0.3) is 11.0 Å². The van der Waals surface area contributed by atoms with Gasteiger partial charge in [0.15, 0.2) is 0 Å². The molecule has 112 valence electrons. The van der Waals surface area contributed by atoms with Crippen LogP contribution in [-0.2, 0) is 4.79 Å². The molecule has 0 spiro atoms. The molecule has 1 aliphatic heterocycles. The monoisotopic (exact) mass is 306 g/mol. The summed E-state index contributed by atoms with van der Waals surface area (Å²) in [6.45, 7) is 3.50. The number of benzene rings is 1. The Bertz CT molecular complexity index is 676. The molecule has 2 N–H and O–H groups in total. The van der Waals surface area contributed by atoms with Crippen LogP contribution in [-0.4, -0.2) is 33.4 Å². The van der Waals surface area contributed by atoms with Crippen molar-refractivity contribution in [3.8, 4) is 0 Å². The van der Waals surface area contributed by atoms with Crippen molar-refractivity contribution in [2.75, 3.05) is 18.8 Å². The van der Waals surface area contributed by atoms with Crippen LogP contribution in [0.5, 0.6) is 0 Å². The van der Waals surface area contributed by atoms with Crippen LogP contribution in [0.1, 0.15) is 32.2 Å². The maximum absolute atomic E-state index is 12.7. The van der Waals surface area contributed by atoms with E-state index < -0.39 is 6.04 Å². The number of nitrogen functional groups attached to an aromatic ring is 1. The fourth-order valence-electron chi connectivity index (χ4n) is 3.01. The number of piperidine rings is 1. The number of nitrogens with two attached hydrogens (primary N) is 1. The summed E-state index contributed by atoms with van der Waals surface area (Å²) in [6.07, 6.45) is 3.33. The van der Waals surface area contributed by atoms with Crippen LogP contribution in [0.4, 0.5) is 5.95 Å². The molecule has 2 aromatic rings. The Hall–Kier alpha value is -1.75. The van der Waals surface area contributed by atoms with Gasteiger partial charge in [-0.1, -0.05) is 17.7 Å². The minimum atomic E-state index is -0.395. The van der Waals surface area contributed by atoms with Gasteiger partial charge in [-0.15, -0.1) is 0 Å². The van der Waals surface area contributed by atoms with Crippen molar-refractivity contribution < 1.29 is 4.79 Å². The van der Waals surface area contributed by atoms with Crippen LogP contribution < -0.4 is 5.73 Å². The molecule has 5 nitrogen and oxygen atoms in total. The van der Waals surface area contributed by atoms with Crippen molar-refractivity contribution in [1.82, 2.24) is 14.5 Å². The van der Waals surface area contributed by atoms with E-state index in [4.69, 9.17) is 17.3 Å². The second-order valence-corrected chi connectivity index (χ2v) is 5.92. The molecule has 1 fully saturated rings. The zero-order valence-electron chi connectivity index (χ0n) is 12.1. The number of aromatic nitrogens is 2. The molecule has 6 heteroatoms. The van der Waals surface area contributed by atoms with Crippen molar-refractivity contribution >= 4 is 34.5 Å². The Kier molecular flexibility index (Phi) is 3.76. The SMILES string of the molecule is CC(C(=O)N1CCCCC1)n1c(N)nc2cccc(Cl)c21. The number of nitrogens with zero attached hydrogens (tertiary/aromatic N) is 3. The molecule has 1 amide bonds. The smallest absolute Gasteiger partial charge is 0.245 e. The lowest BCUT2D eigenvalue weighted by Gasteiger charge is -2.30. The summed E-state index contributed by atoms with van der Waals surface area (Å²) in [5, 5.41) is 0.565. The largest absolute Gasteiger partial charge is 0.369 e. The van der Waals surface area contributed by atoms with Gasteiger partial charge >= 0.3 is 0 Å². The van der Waals surface area contributed by atoms with Crippen LogP contribution in [0.15, 0.2) is 18.2 Å². The van der Waals surface area contributed by atoms with Gasteiger partial charge in [0, 0.05) is 13.1 Å². The fraction of sp³-hybridized carbons (Fsp3) is 0.467. The average Bonchev–Trinajstić information content (AvgIpc) is 2.84. The molecular weight excluding hydrogens is 288 g/mol. The molecule has 1 aliphatic rings. The molecule has 1 aromatic carbocycles. The third-order valence-electron chi connectivity index (χ3n) is 4.10. The highest BCUT2D eigenvalue weighted by Crippen LogP contribution is 2.30. The van der Waals surface area contributed by atoms with E-state index in [1.807, 2.05) is 24.0 Å². The summed E-state index contributed by atoms with van der Waals surface area (Å²) in [6, 6.07) is 5.08. The molecule has 1 unspecified atom stereocenters. The minimum Gasteiger partial charge on any atom is -0.369 e. The summed E-state index contributed by atoms with van der Waals surface area (Å²) < 4.78 is 1.74. The number of anilines is 1. The van der Waals surface area contributed by atoms with Gasteiger partial charge in [0.1, 0.15) is 6.04 Å². The molecule has 1 saturated heterocycles. The number of carbonyl (C=O) groups excluding carboxylic acids is 1. The number of imidazole rings is 1. The van der Waals surface area contributed by atoms with Crippen molar-refractivity contribution in [3.63, 3.8) is 0 Å². The van der Waals surface area contributed by atoms with Gasteiger partial charge in [-0.05, 0) is 38.3 Å². The minimum absolute atomic E-state index is 0.0839. The lowest BCUT2D eigenvalue weighted by molar-refractivity contribution is -0.135. The number of likely N-dealkylation sites (tertiary alicyclic amines) is 1. The molecule has 1 atom stereocenters. The second kappa shape index (κ2) is 5.56. The highest BCUT2D eigenvalue weighted by atomic mass is 35.5. The highest BCUT2D eigenvalue weighted by Gasteiger charge is 2.26. The van der Waals surface area contributed by atoms with Gasteiger partial charge < -0.3 is 10.6 Å². The molecular formula is C15H19ClN4O. The first-order valence-electron chi connectivity index (χ1n) is 7.30. The molecule has 21 heavy (non-hydrogen) atoms. The molecule has 0 aliphatic carbocycles. The van der Waals surface area contributed by atoms with E-state index in [9.17, 15) is 4.79 Å². The Morgan fingerprint density at radius 2 is 2.05 bits per heavy atom. The maximum atomic E-state index is 12.7. The van der Waals surface area contributed by atoms with Gasteiger partial charge in [0.05, 0.1) is 16.1 Å².